The number of hydrogen-bond acceptors (Lipinski definition) is 6. The lowest BCUT2D eigenvalue weighted by Crippen LogP contribution is -2.30. The number of amides is 1. The van der Waals surface area contributed by atoms with Crippen LogP contribution in [0.25, 0.3) is 10.9 Å². The van der Waals surface area contributed by atoms with Gasteiger partial charge in [0.15, 0.2) is 0 Å². The molecule has 31 heavy (non-hydrogen) atoms. The number of likely N-dealkylation sites (tertiary alicyclic amines) is 1. The number of carbonyl (C=O) groups excluding carboxylic acids is 1. The van der Waals surface area contributed by atoms with Crippen LogP contribution in [-0.4, -0.2) is 58.3 Å². The number of pyridine rings is 2. The monoisotopic (exact) mass is 433 g/mol. The minimum absolute atomic E-state index is 0.0207. The van der Waals surface area contributed by atoms with Crippen LogP contribution in [-0.2, 0) is 10.9 Å². The van der Waals surface area contributed by atoms with E-state index in [2.05, 4.69) is 9.97 Å². The highest BCUT2D eigenvalue weighted by Crippen LogP contribution is 2.30. The average molecular weight is 433 g/mol. The highest BCUT2D eigenvalue weighted by atomic mass is 19.4. The van der Waals surface area contributed by atoms with E-state index in [-0.39, 0.29) is 30.6 Å². The molecule has 2 atom stereocenters. The number of aromatic nitrogens is 2. The molecule has 1 aliphatic rings. The van der Waals surface area contributed by atoms with Crippen molar-refractivity contribution in [2.45, 2.75) is 18.4 Å². The highest BCUT2D eigenvalue weighted by Gasteiger charge is 2.35. The summed E-state index contributed by atoms with van der Waals surface area (Å²) in [5.74, 6) is 0.0772. The quantitative estimate of drug-likeness (QED) is 0.680. The summed E-state index contributed by atoms with van der Waals surface area (Å²) in [6.07, 6.45) is -4.93. The zero-order valence-corrected chi connectivity index (χ0v) is 16.3. The van der Waals surface area contributed by atoms with Gasteiger partial charge in [-0.1, -0.05) is 6.07 Å². The van der Waals surface area contributed by atoms with Gasteiger partial charge in [0.05, 0.1) is 17.2 Å². The number of nitrogens with zero attached hydrogens (tertiary/aromatic N) is 3. The maximum Gasteiger partial charge on any atom is 0.417 e. The fourth-order valence-electron chi connectivity index (χ4n) is 3.33. The number of alkyl halides is 3. The Hall–Kier alpha value is -3.24. The zero-order chi connectivity index (χ0) is 22.2. The van der Waals surface area contributed by atoms with Gasteiger partial charge >= 0.3 is 6.18 Å². The second kappa shape index (κ2) is 8.12. The first-order valence-electron chi connectivity index (χ1n) is 9.36. The summed E-state index contributed by atoms with van der Waals surface area (Å²) in [5.41, 5.74) is -0.0850. The van der Waals surface area contributed by atoms with Crippen LogP contribution in [0.3, 0.4) is 0 Å². The summed E-state index contributed by atoms with van der Waals surface area (Å²) in [6.45, 7) is 0.451. The summed E-state index contributed by atoms with van der Waals surface area (Å²) in [7, 11) is 1.48. The Morgan fingerprint density at radius 2 is 1.97 bits per heavy atom. The van der Waals surface area contributed by atoms with Gasteiger partial charge in [-0.05, 0) is 30.3 Å². The third-order valence-electron chi connectivity index (χ3n) is 4.99. The first-order chi connectivity index (χ1) is 14.7. The summed E-state index contributed by atoms with van der Waals surface area (Å²) < 4.78 is 48.6. The molecular formula is C21H18F3N3O4. The van der Waals surface area contributed by atoms with E-state index in [0.717, 1.165) is 12.1 Å². The van der Waals surface area contributed by atoms with E-state index in [9.17, 15) is 23.1 Å². The smallest absolute Gasteiger partial charge is 0.417 e. The highest BCUT2D eigenvalue weighted by molar-refractivity contribution is 5.95. The summed E-state index contributed by atoms with van der Waals surface area (Å²) >= 11 is 0. The molecule has 1 N–H and O–H groups in total. The van der Waals surface area contributed by atoms with Crippen LogP contribution in [0.15, 0.2) is 48.7 Å². The van der Waals surface area contributed by atoms with E-state index >= 15 is 0 Å². The van der Waals surface area contributed by atoms with Crippen LogP contribution in [0.4, 0.5) is 13.2 Å². The molecule has 0 saturated carbocycles. The lowest BCUT2D eigenvalue weighted by molar-refractivity contribution is -0.137. The molecule has 3 aromatic rings. The fraction of sp³-hybridized carbons (Fsp3) is 0.286. The number of rotatable bonds is 4. The fourth-order valence-corrected chi connectivity index (χ4v) is 3.33. The SMILES string of the molecule is CO[C@H]1CN(C(=O)c2ccc3cc(Oc4ccc(C(F)(F)F)cn4)ccc3n2)C[C@@H]1O. The molecule has 0 radical (unpaired) electrons. The molecular weight excluding hydrogens is 415 g/mol. The Balaban J connectivity index is 1.50. The molecule has 0 unspecified atom stereocenters. The molecule has 1 saturated heterocycles. The van der Waals surface area contributed by atoms with Crippen LogP contribution in [0.1, 0.15) is 16.1 Å². The molecule has 1 aliphatic heterocycles. The van der Waals surface area contributed by atoms with Gasteiger partial charge in [-0.15, -0.1) is 0 Å². The number of fused-ring (bicyclic) bond motifs is 1. The number of ether oxygens (including phenoxy) is 2. The van der Waals surface area contributed by atoms with Crippen LogP contribution >= 0.6 is 0 Å². The van der Waals surface area contributed by atoms with Crippen LogP contribution < -0.4 is 4.74 Å². The Bertz CT molecular complexity index is 1110. The molecule has 162 valence electrons. The van der Waals surface area contributed by atoms with Gasteiger partial charge in [-0.3, -0.25) is 4.79 Å². The Morgan fingerprint density at radius 1 is 1.16 bits per heavy atom. The van der Waals surface area contributed by atoms with Crippen molar-refractivity contribution in [1.29, 1.82) is 0 Å². The second-order valence-electron chi connectivity index (χ2n) is 7.09. The van der Waals surface area contributed by atoms with Gasteiger partial charge < -0.3 is 19.5 Å². The maximum absolute atomic E-state index is 12.7. The summed E-state index contributed by atoms with van der Waals surface area (Å²) in [4.78, 5) is 22.2. The Morgan fingerprint density at radius 3 is 2.61 bits per heavy atom. The molecule has 0 bridgehead atoms. The number of methoxy groups -OCH3 is 1. The van der Waals surface area contributed by atoms with Crippen molar-refractivity contribution >= 4 is 16.8 Å². The minimum atomic E-state index is -4.47. The van der Waals surface area contributed by atoms with Crippen LogP contribution in [0.5, 0.6) is 11.6 Å². The summed E-state index contributed by atoms with van der Waals surface area (Å²) in [6, 6.07) is 10.2. The minimum Gasteiger partial charge on any atom is -0.439 e. The van der Waals surface area contributed by atoms with Gasteiger partial charge in [-0.2, -0.15) is 13.2 Å². The summed E-state index contributed by atoms with van der Waals surface area (Å²) in [5, 5.41) is 10.6. The van der Waals surface area contributed by atoms with E-state index < -0.39 is 23.9 Å². The third-order valence-corrected chi connectivity index (χ3v) is 4.99. The van der Waals surface area contributed by atoms with Crippen molar-refractivity contribution in [1.82, 2.24) is 14.9 Å². The molecule has 1 aromatic carbocycles. The molecule has 1 amide bonds. The maximum atomic E-state index is 12.7. The lowest BCUT2D eigenvalue weighted by Gasteiger charge is -2.15. The molecule has 10 heteroatoms. The first-order valence-corrected chi connectivity index (χ1v) is 9.36. The molecule has 1 fully saturated rings. The number of aliphatic hydroxyl groups excluding tert-OH is 1. The van der Waals surface area contributed by atoms with Gasteiger partial charge in [0.1, 0.15) is 17.5 Å². The van der Waals surface area contributed by atoms with Gasteiger partial charge in [0, 0.05) is 37.8 Å². The predicted molar refractivity (Wildman–Crippen MR) is 104 cm³/mol. The van der Waals surface area contributed by atoms with Crippen molar-refractivity contribution in [3.8, 4) is 11.6 Å². The number of aliphatic hydroxyl groups is 1. The molecule has 7 nitrogen and oxygen atoms in total. The van der Waals surface area contributed by atoms with Gasteiger partial charge in [0.2, 0.25) is 5.88 Å². The molecule has 2 aromatic heterocycles. The van der Waals surface area contributed by atoms with Crippen LogP contribution in [0, 0.1) is 0 Å². The van der Waals surface area contributed by atoms with Crippen molar-refractivity contribution in [2.24, 2.45) is 0 Å². The first kappa shape index (κ1) is 21.0. The standard InChI is InChI=1S/C21H18F3N3O4/c1-30-18-11-27(10-17(18)28)20(29)16-5-2-12-8-14(4-6-15(12)26-16)31-19-7-3-13(9-25-19)21(22,23)24/h2-9,17-18,28H,10-11H2,1H3/t17-,18-/m0/s1. The normalized spacial score (nSPS) is 19.1. The van der Waals surface area contributed by atoms with Crippen molar-refractivity contribution in [3.63, 3.8) is 0 Å². The number of benzene rings is 1. The second-order valence-corrected chi connectivity index (χ2v) is 7.09. The molecule has 4 rings (SSSR count). The van der Waals surface area contributed by atoms with Crippen molar-refractivity contribution in [3.05, 3.63) is 59.9 Å². The van der Waals surface area contributed by atoms with Crippen molar-refractivity contribution in [2.75, 3.05) is 20.2 Å². The predicted octanol–water partition coefficient (Wildman–Crippen LogP) is 3.27. The van der Waals surface area contributed by atoms with Crippen LogP contribution in [0.2, 0.25) is 0 Å². The van der Waals surface area contributed by atoms with E-state index in [1.165, 1.54) is 12.0 Å². The average Bonchev–Trinajstić information content (AvgIpc) is 3.13. The number of halogens is 3. The lowest BCUT2D eigenvalue weighted by atomic mass is 10.2. The Labute approximate surface area is 175 Å². The number of β-amino-alcohol motifs (C(OH)–C–C–N with tert-alkyl or cyclic N) is 1. The number of hydrogen-bond donors (Lipinski definition) is 1. The van der Waals surface area contributed by atoms with E-state index in [1.54, 1.807) is 30.3 Å². The van der Waals surface area contributed by atoms with E-state index in [0.29, 0.717) is 22.8 Å². The molecule has 3 heterocycles. The van der Waals surface area contributed by atoms with E-state index in [1.807, 2.05) is 0 Å². The number of carbonyl (C=O) groups is 1. The van der Waals surface area contributed by atoms with Gasteiger partial charge in [0.25, 0.3) is 5.91 Å². The molecule has 0 spiro atoms. The van der Waals surface area contributed by atoms with Gasteiger partial charge in [-0.25, -0.2) is 9.97 Å². The largest absolute Gasteiger partial charge is 0.439 e. The molecule has 0 aliphatic carbocycles. The topological polar surface area (TPSA) is 84.8 Å². The van der Waals surface area contributed by atoms with Crippen molar-refractivity contribution < 1.29 is 32.5 Å². The van der Waals surface area contributed by atoms with E-state index in [4.69, 9.17) is 9.47 Å². The zero-order valence-electron chi connectivity index (χ0n) is 16.3. The Kier molecular flexibility index (Phi) is 5.50. The third kappa shape index (κ3) is 4.44.